The topological polar surface area (TPSA) is 125 Å². The molecule has 0 spiro atoms. The Morgan fingerprint density at radius 2 is 1.86 bits per heavy atom. The smallest absolute Gasteiger partial charge is 0.404 e. The minimum atomic E-state index is -1.12. The molecule has 4 aromatic rings. The number of nitrogens with zero attached hydrogens (tertiary/aromatic N) is 2. The minimum absolute atomic E-state index is 0.168. The van der Waals surface area contributed by atoms with Crippen LogP contribution >= 0.6 is 11.6 Å². The number of carbonyl (C=O) groups excluding carboxylic acids is 1. The zero-order valence-electron chi connectivity index (χ0n) is 19.5. The molecule has 0 saturated heterocycles. The van der Waals surface area contributed by atoms with Crippen molar-refractivity contribution < 1.29 is 23.8 Å². The SMILES string of the molecule is O=C(O)NCCCC(=O)Nc1ccc2ncnc(Nc3ccc(OCc4cccc(F)c4)c(Cl)c3)c2c1. The van der Waals surface area contributed by atoms with E-state index < -0.39 is 6.09 Å². The lowest BCUT2D eigenvalue weighted by molar-refractivity contribution is -0.116. The number of aromatic nitrogens is 2. The summed E-state index contributed by atoms with van der Waals surface area (Å²) in [5.41, 5.74) is 2.57. The average Bonchev–Trinajstić information content (AvgIpc) is 2.86. The van der Waals surface area contributed by atoms with Gasteiger partial charge in [-0.05, 0) is 60.5 Å². The average molecular weight is 524 g/mol. The van der Waals surface area contributed by atoms with Gasteiger partial charge in [-0.25, -0.2) is 19.2 Å². The summed E-state index contributed by atoms with van der Waals surface area (Å²) in [7, 11) is 0. The Morgan fingerprint density at radius 1 is 1.03 bits per heavy atom. The Kier molecular flexibility index (Phi) is 8.32. The molecule has 0 aliphatic carbocycles. The first-order chi connectivity index (χ1) is 17.9. The summed E-state index contributed by atoms with van der Waals surface area (Å²) >= 11 is 6.41. The second-order valence-corrected chi connectivity index (χ2v) is 8.43. The van der Waals surface area contributed by atoms with Crippen LogP contribution in [-0.4, -0.2) is 33.6 Å². The highest BCUT2D eigenvalue weighted by Gasteiger charge is 2.10. The van der Waals surface area contributed by atoms with Crippen LogP contribution in [0.2, 0.25) is 5.02 Å². The van der Waals surface area contributed by atoms with E-state index in [-0.39, 0.29) is 31.3 Å². The van der Waals surface area contributed by atoms with Crippen molar-refractivity contribution in [2.45, 2.75) is 19.4 Å². The molecule has 1 aromatic heterocycles. The number of benzene rings is 3. The number of ether oxygens (including phenoxy) is 1. The number of halogens is 2. The molecular formula is C26H23ClFN5O4. The van der Waals surface area contributed by atoms with Gasteiger partial charge in [0.05, 0.1) is 10.5 Å². The van der Waals surface area contributed by atoms with Gasteiger partial charge < -0.3 is 25.8 Å². The van der Waals surface area contributed by atoms with Gasteiger partial charge in [0, 0.05) is 29.7 Å². The van der Waals surface area contributed by atoms with E-state index in [0.717, 1.165) is 0 Å². The Balaban J connectivity index is 1.43. The van der Waals surface area contributed by atoms with Crippen molar-refractivity contribution in [3.63, 3.8) is 0 Å². The predicted octanol–water partition coefficient (Wildman–Crippen LogP) is 5.73. The summed E-state index contributed by atoms with van der Waals surface area (Å²) < 4.78 is 19.1. The molecule has 0 aliphatic heterocycles. The first-order valence-electron chi connectivity index (χ1n) is 11.3. The van der Waals surface area contributed by atoms with Gasteiger partial charge in [-0.1, -0.05) is 23.7 Å². The molecule has 0 aliphatic rings. The zero-order valence-corrected chi connectivity index (χ0v) is 20.3. The van der Waals surface area contributed by atoms with E-state index in [1.807, 2.05) is 0 Å². The number of anilines is 3. The van der Waals surface area contributed by atoms with E-state index in [1.165, 1.54) is 18.5 Å². The summed E-state index contributed by atoms with van der Waals surface area (Å²) in [6.45, 7) is 0.366. The molecule has 11 heteroatoms. The monoisotopic (exact) mass is 523 g/mol. The molecular weight excluding hydrogens is 501 g/mol. The van der Waals surface area contributed by atoms with Gasteiger partial charge in [0.2, 0.25) is 5.91 Å². The fraction of sp³-hybridized carbons (Fsp3) is 0.154. The highest BCUT2D eigenvalue weighted by molar-refractivity contribution is 6.32. The number of carbonyl (C=O) groups is 2. The van der Waals surface area contributed by atoms with Gasteiger partial charge in [0.25, 0.3) is 0 Å². The molecule has 0 unspecified atom stereocenters. The largest absolute Gasteiger partial charge is 0.487 e. The van der Waals surface area contributed by atoms with Crippen LogP contribution in [0.25, 0.3) is 10.9 Å². The van der Waals surface area contributed by atoms with Gasteiger partial charge in [0.1, 0.15) is 30.3 Å². The molecule has 0 saturated carbocycles. The maximum Gasteiger partial charge on any atom is 0.404 e. The van der Waals surface area contributed by atoms with Gasteiger partial charge in [-0.2, -0.15) is 0 Å². The number of fused-ring (bicyclic) bond motifs is 1. The third-order valence-corrected chi connectivity index (χ3v) is 5.55. The Labute approximate surface area is 216 Å². The van der Waals surface area contributed by atoms with Gasteiger partial charge in [0.15, 0.2) is 0 Å². The van der Waals surface area contributed by atoms with E-state index >= 15 is 0 Å². The first-order valence-corrected chi connectivity index (χ1v) is 11.7. The Hall–Kier alpha value is -4.44. The van der Waals surface area contributed by atoms with Crippen molar-refractivity contribution in [2.24, 2.45) is 0 Å². The maximum atomic E-state index is 13.4. The lowest BCUT2D eigenvalue weighted by Gasteiger charge is -2.13. The molecule has 4 rings (SSSR count). The highest BCUT2D eigenvalue weighted by atomic mass is 35.5. The van der Waals surface area contributed by atoms with E-state index in [2.05, 4.69) is 25.9 Å². The third kappa shape index (κ3) is 7.28. The number of hydrogen-bond donors (Lipinski definition) is 4. The van der Waals surface area contributed by atoms with E-state index in [1.54, 1.807) is 48.5 Å². The van der Waals surface area contributed by atoms with Crippen molar-refractivity contribution in [1.29, 1.82) is 0 Å². The fourth-order valence-electron chi connectivity index (χ4n) is 3.52. The van der Waals surface area contributed by atoms with Crippen LogP contribution < -0.4 is 20.7 Å². The van der Waals surface area contributed by atoms with Crippen LogP contribution in [0.4, 0.5) is 26.4 Å². The van der Waals surface area contributed by atoms with Crippen LogP contribution in [0.3, 0.4) is 0 Å². The van der Waals surface area contributed by atoms with Gasteiger partial charge in [-0.3, -0.25) is 4.79 Å². The molecule has 1 heterocycles. The van der Waals surface area contributed by atoms with Gasteiger partial charge >= 0.3 is 6.09 Å². The molecule has 3 aromatic carbocycles. The summed E-state index contributed by atoms with van der Waals surface area (Å²) in [5, 5.41) is 17.9. The van der Waals surface area contributed by atoms with E-state index in [4.69, 9.17) is 21.4 Å². The zero-order chi connectivity index (χ0) is 26.2. The molecule has 0 fully saturated rings. The molecule has 0 radical (unpaired) electrons. The molecule has 37 heavy (non-hydrogen) atoms. The maximum absolute atomic E-state index is 13.4. The Bertz CT molecular complexity index is 1440. The Morgan fingerprint density at radius 3 is 2.65 bits per heavy atom. The summed E-state index contributed by atoms with van der Waals surface area (Å²) in [4.78, 5) is 31.3. The standard InChI is InChI=1S/C26H23ClFN5O4/c27-21-13-19(7-9-23(21)37-14-16-3-1-4-17(28)11-16)33-25-20-12-18(6-8-22(20)30-15-31-25)32-24(34)5-2-10-29-26(35)36/h1,3-4,6-9,11-13,15,29H,2,5,10,14H2,(H,32,34)(H,35,36)(H,30,31,33). The number of rotatable bonds is 10. The molecule has 190 valence electrons. The summed E-state index contributed by atoms with van der Waals surface area (Å²) in [6, 6.07) is 16.6. The number of hydrogen-bond acceptors (Lipinski definition) is 6. The van der Waals surface area contributed by atoms with Gasteiger partial charge in [-0.15, -0.1) is 0 Å². The predicted molar refractivity (Wildman–Crippen MR) is 139 cm³/mol. The number of carboxylic acid groups (broad SMARTS) is 1. The minimum Gasteiger partial charge on any atom is -0.487 e. The normalized spacial score (nSPS) is 10.6. The van der Waals surface area contributed by atoms with Crippen molar-refractivity contribution in [3.05, 3.63) is 83.4 Å². The van der Waals surface area contributed by atoms with Crippen LogP contribution in [0, 0.1) is 5.82 Å². The molecule has 4 N–H and O–H groups in total. The van der Waals surface area contributed by atoms with E-state index in [0.29, 0.717) is 50.9 Å². The number of nitrogens with one attached hydrogen (secondary N) is 3. The van der Waals surface area contributed by atoms with Crippen molar-refractivity contribution >= 4 is 51.7 Å². The molecule has 0 atom stereocenters. The second kappa shape index (κ2) is 12.0. The molecule has 0 bridgehead atoms. The van der Waals surface area contributed by atoms with Crippen LogP contribution in [0.5, 0.6) is 5.75 Å². The van der Waals surface area contributed by atoms with E-state index in [9.17, 15) is 14.0 Å². The highest BCUT2D eigenvalue weighted by Crippen LogP contribution is 2.31. The second-order valence-electron chi connectivity index (χ2n) is 8.03. The summed E-state index contributed by atoms with van der Waals surface area (Å²) in [6.07, 6.45) is 0.851. The van der Waals surface area contributed by atoms with Crippen molar-refractivity contribution in [3.8, 4) is 5.75 Å². The third-order valence-electron chi connectivity index (χ3n) is 5.25. The van der Waals surface area contributed by atoms with Crippen LogP contribution in [0.1, 0.15) is 18.4 Å². The first kappa shape index (κ1) is 25.6. The lowest BCUT2D eigenvalue weighted by Crippen LogP contribution is -2.23. The summed E-state index contributed by atoms with van der Waals surface area (Å²) in [5.74, 6) is 0.391. The fourth-order valence-corrected chi connectivity index (χ4v) is 3.76. The number of amides is 2. The van der Waals surface area contributed by atoms with Crippen LogP contribution in [-0.2, 0) is 11.4 Å². The van der Waals surface area contributed by atoms with Crippen LogP contribution in [0.15, 0.2) is 67.0 Å². The lowest BCUT2D eigenvalue weighted by atomic mass is 10.2. The van der Waals surface area contributed by atoms with Crippen molar-refractivity contribution in [1.82, 2.24) is 15.3 Å². The van der Waals surface area contributed by atoms with Crippen molar-refractivity contribution in [2.75, 3.05) is 17.2 Å². The molecule has 9 nitrogen and oxygen atoms in total. The molecule has 2 amide bonds. The quantitative estimate of drug-likeness (QED) is 0.195.